The molecule has 0 spiro atoms. The number of hydrogen-bond donors (Lipinski definition) is 4. The molecule has 0 unspecified atom stereocenters. The predicted octanol–water partition coefficient (Wildman–Crippen LogP) is -0.323. The largest absolute Gasteiger partial charge is 0.389 e. The fourth-order valence-corrected chi connectivity index (χ4v) is 2.94. The number of anilines is 1. The van der Waals surface area contributed by atoms with Crippen molar-refractivity contribution in [1.82, 2.24) is 14.5 Å². The summed E-state index contributed by atoms with van der Waals surface area (Å²) in [5.41, 5.74) is 12.6. The Labute approximate surface area is 131 Å². The van der Waals surface area contributed by atoms with Crippen LogP contribution < -0.4 is 11.5 Å². The van der Waals surface area contributed by atoms with E-state index in [9.17, 15) is 10.2 Å². The molecular weight excluding hydrogens is 306 g/mol. The molecule has 1 aliphatic heterocycles. The summed E-state index contributed by atoms with van der Waals surface area (Å²) in [5.74, 6) is 0.242. The topological polar surface area (TPSA) is 132 Å². The summed E-state index contributed by atoms with van der Waals surface area (Å²) in [5, 5.41) is 20.8. The zero-order chi connectivity index (χ0) is 16.0. The van der Waals surface area contributed by atoms with Gasteiger partial charge in [-0.2, -0.15) is 0 Å². The zero-order valence-electron chi connectivity index (χ0n) is 11.9. The number of aromatic nitrogens is 3. The van der Waals surface area contributed by atoms with E-state index in [1.165, 1.54) is 6.33 Å². The van der Waals surface area contributed by atoms with Gasteiger partial charge in [0.1, 0.15) is 35.0 Å². The van der Waals surface area contributed by atoms with Crippen LogP contribution >= 0.6 is 12.2 Å². The monoisotopic (exact) mass is 323 g/mol. The van der Waals surface area contributed by atoms with Gasteiger partial charge in [-0.15, -0.1) is 0 Å². The molecule has 118 valence electrons. The third-order valence-corrected chi connectivity index (χ3v) is 4.14. The molecule has 9 heteroatoms. The smallest absolute Gasteiger partial charge is 0.164 e. The Kier molecular flexibility index (Phi) is 3.73. The van der Waals surface area contributed by atoms with Crippen molar-refractivity contribution in [2.75, 3.05) is 5.73 Å². The average Bonchev–Trinajstić information content (AvgIpc) is 3.00. The molecule has 1 fully saturated rings. The Balaban J connectivity index is 2.16. The van der Waals surface area contributed by atoms with Crippen LogP contribution in [-0.4, -0.2) is 48.0 Å². The van der Waals surface area contributed by atoms with Crippen molar-refractivity contribution < 1.29 is 14.9 Å². The zero-order valence-corrected chi connectivity index (χ0v) is 12.7. The standard InChI is InChI=1S/C13H17N5O3S/c1-2-6-8(19)9(20)13(21-6)18-3-5(11(15)22)7-10(14)16-4-17-12(7)18/h3-4,6,8-9,13,19-20H,2H2,1H3,(H2,15,22)(H2,14,16,17)/t6-,8-,9-,13-/m1/s1. The number of thiocarbonyl (C=S) groups is 1. The number of nitrogens with zero attached hydrogens (tertiary/aromatic N) is 3. The van der Waals surface area contributed by atoms with Crippen LogP contribution in [0.4, 0.5) is 5.82 Å². The van der Waals surface area contributed by atoms with Gasteiger partial charge in [-0.05, 0) is 6.42 Å². The molecule has 2 aromatic rings. The average molecular weight is 323 g/mol. The summed E-state index contributed by atoms with van der Waals surface area (Å²) < 4.78 is 7.33. The number of nitrogen functional groups attached to an aromatic ring is 1. The van der Waals surface area contributed by atoms with Crippen molar-refractivity contribution in [2.45, 2.75) is 37.9 Å². The van der Waals surface area contributed by atoms with Gasteiger partial charge in [0.05, 0.1) is 11.5 Å². The van der Waals surface area contributed by atoms with E-state index in [-0.39, 0.29) is 10.8 Å². The Morgan fingerprint density at radius 2 is 2.14 bits per heavy atom. The highest BCUT2D eigenvalue weighted by atomic mass is 32.1. The van der Waals surface area contributed by atoms with E-state index in [2.05, 4.69) is 9.97 Å². The van der Waals surface area contributed by atoms with Crippen molar-refractivity contribution in [2.24, 2.45) is 5.73 Å². The lowest BCUT2D eigenvalue weighted by atomic mass is 10.1. The van der Waals surface area contributed by atoms with Gasteiger partial charge in [-0.25, -0.2) is 9.97 Å². The molecule has 0 amide bonds. The van der Waals surface area contributed by atoms with E-state index in [1.54, 1.807) is 10.8 Å². The molecule has 3 heterocycles. The first-order chi connectivity index (χ1) is 10.5. The van der Waals surface area contributed by atoms with E-state index >= 15 is 0 Å². The third-order valence-electron chi connectivity index (χ3n) is 3.92. The molecule has 2 aromatic heterocycles. The van der Waals surface area contributed by atoms with E-state index in [0.717, 1.165) is 0 Å². The minimum atomic E-state index is -1.09. The first kappa shape index (κ1) is 15.1. The Hall–Kier alpha value is -1.81. The second-order valence-corrected chi connectivity index (χ2v) is 5.67. The van der Waals surface area contributed by atoms with Crippen molar-refractivity contribution in [1.29, 1.82) is 0 Å². The molecule has 8 nitrogen and oxygen atoms in total. The van der Waals surface area contributed by atoms with Crippen molar-refractivity contribution in [3.05, 3.63) is 18.1 Å². The van der Waals surface area contributed by atoms with E-state index in [4.69, 9.17) is 28.4 Å². The van der Waals surface area contributed by atoms with Gasteiger partial charge in [0.15, 0.2) is 6.23 Å². The van der Waals surface area contributed by atoms with Gasteiger partial charge in [0.25, 0.3) is 0 Å². The molecule has 22 heavy (non-hydrogen) atoms. The lowest BCUT2D eigenvalue weighted by Gasteiger charge is -2.17. The molecule has 0 aromatic carbocycles. The highest BCUT2D eigenvalue weighted by Crippen LogP contribution is 2.35. The lowest BCUT2D eigenvalue weighted by molar-refractivity contribution is -0.0352. The maximum Gasteiger partial charge on any atom is 0.164 e. The van der Waals surface area contributed by atoms with Crippen LogP contribution in [0, 0.1) is 0 Å². The summed E-state index contributed by atoms with van der Waals surface area (Å²) in [6.07, 6.45) is 0.205. The number of hydrogen-bond acceptors (Lipinski definition) is 7. The quantitative estimate of drug-likeness (QED) is 0.565. The fourth-order valence-electron chi connectivity index (χ4n) is 2.79. The molecular formula is C13H17N5O3S. The molecule has 6 N–H and O–H groups in total. The molecule has 0 saturated carbocycles. The number of aliphatic hydroxyl groups is 2. The Morgan fingerprint density at radius 3 is 2.73 bits per heavy atom. The van der Waals surface area contributed by atoms with E-state index in [0.29, 0.717) is 23.0 Å². The maximum atomic E-state index is 10.3. The summed E-state index contributed by atoms with van der Waals surface area (Å²) in [6, 6.07) is 0. The maximum absolute atomic E-state index is 10.3. The minimum absolute atomic E-state index is 0.144. The normalized spacial score (nSPS) is 28.3. The van der Waals surface area contributed by atoms with E-state index in [1.807, 2.05) is 6.92 Å². The second kappa shape index (κ2) is 5.43. The first-order valence-corrected chi connectivity index (χ1v) is 7.29. The Morgan fingerprint density at radius 1 is 1.41 bits per heavy atom. The lowest BCUT2D eigenvalue weighted by Crippen LogP contribution is -2.31. The van der Waals surface area contributed by atoms with Gasteiger partial charge >= 0.3 is 0 Å². The third kappa shape index (κ3) is 2.13. The van der Waals surface area contributed by atoms with Crippen molar-refractivity contribution in [3.8, 4) is 0 Å². The van der Waals surface area contributed by atoms with Crippen LogP contribution in [0.15, 0.2) is 12.5 Å². The molecule has 0 aliphatic carbocycles. The Bertz CT molecular complexity index is 734. The number of aliphatic hydroxyl groups excluding tert-OH is 2. The van der Waals surface area contributed by atoms with Crippen LogP contribution in [-0.2, 0) is 4.74 Å². The first-order valence-electron chi connectivity index (χ1n) is 6.88. The minimum Gasteiger partial charge on any atom is -0.389 e. The fraction of sp³-hybridized carbons (Fsp3) is 0.462. The van der Waals surface area contributed by atoms with Gasteiger partial charge in [-0.1, -0.05) is 19.1 Å². The van der Waals surface area contributed by atoms with Crippen molar-refractivity contribution >= 4 is 34.1 Å². The molecule has 1 saturated heterocycles. The molecule has 0 bridgehead atoms. The summed E-state index contributed by atoms with van der Waals surface area (Å²) in [4.78, 5) is 8.27. The second-order valence-electron chi connectivity index (χ2n) is 5.23. The SMILES string of the molecule is CC[C@H]1O[C@@H](n2cc(C(N)=S)c3c(N)ncnc32)[C@H](O)[C@@H]1O. The van der Waals surface area contributed by atoms with Gasteiger partial charge < -0.3 is 31.0 Å². The van der Waals surface area contributed by atoms with Crippen LogP contribution in [0.1, 0.15) is 25.1 Å². The van der Waals surface area contributed by atoms with Crippen LogP contribution in [0.25, 0.3) is 11.0 Å². The molecule has 1 aliphatic rings. The summed E-state index contributed by atoms with van der Waals surface area (Å²) in [6.45, 7) is 1.87. The number of nitrogens with two attached hydrogens (primary N) is 2. The van der Waals surface area contributed by atoms with E-state index < -0.39 is 24.5 Å². The predicted molar refractivity (Wildman–Crippen MR) is 84.0 cm³/mol. The number of rotatable bonds is 3. The van der Waals surface area contributed by atoms with Gasteiger partial charge in [0.2, 0.25) is 0 Å². The van der Waals surface area contributed by atoms with Crippen LogP contribution in [0.3, 0.4) is 0 Å². The summed E-state index contributed by atoms with van der Waals surface area (Å²) in [7, 11) is 0. The highest BCUT2D eigenvalue weighted by molar-refractivity contribution is 7.80. The van der Waals surface area contributed by atoms with Gasteiger partial charge in [0, 0.05) is 11.8 Å². The van der Waals surface area contributed by atoms with Crippen LogP contribution in [0.2, 0.25) is 0 Å². The number of fused-ring (bicyclic) bond motifs is 1. The van der Waals surface area contributed by atoms with Crippen molar-refractivity contribution in [3.63, 3.8) is 0 Å². The highest BCUT2D eigenvalue weighted by Gasteiger charge is 2.43. The van der Waals surface area contributed by atoms with Gasteiger partial charge in [-0.3, -0.25) is 0 Å². The molecule has 0 radical (unpaired) electrons. The van der Waals surface area contributed by atoms with Crippen LogP contribution in [0.5, 0.6) is 0 Å². The molecule has 4 atom stereocenters. The number of ether oxygens (including phenoxy) is 1. The summed E-state index contributed by atoms with van der Waals surface area (Å²) >= 11 is 5.04. The molecule has 3 rings (SSSR count).